The molecule has 92 valence electrons. The summed E-state index contributed by atoms with van der Waals surface area (Å²) in [5.74, 6) is 2.13. The molecule has 0 saturated heterocycles. The standard InChI is InChI=1S/C15H10NO.Au/c1-2-12-8-10-14(11-9-12)16-15(17)13-6-4-3-5-7-13;/h3-11H,(H,16,17);/q-1;+1. The first-order valence-electron chi connectivity index (χ1n) is 5.19. The normalized spacial score (nSPS) is 8.83. The van der Waals surface area contributed by atoms with Crippen LogP contribution in [0.3, 0.4) is 0 Å². The minimum atomic E-state index is -0.141. The van der Waals surface area contributed by atoms with E-state index in [9.17, 15) is 4.79 Å². The van der Waals surface area contributed by atoms with Crippen LogP contribution in [0.25, 0.3) is 0 Å². The number of benzene rings is 2. The number of nitrogens with one attached hydrogen (secondary N) is 1. The molecule has 0 spiro atoms. The van der Waals surface area contributed by atoms with Crippen molar-refractivity contribution in [2.24, 2.45) is 0 Å². The van der Waals surface area contributed by atoms with Gasteiger partial charge < -0.3 is 11.7 Å². The van der Waals surface area contributed by atoms with E-state index in [2.05, 4.69) is 11.2 Å². The van der Waals surface area contributed by atoms with Gasteiger partial charge in [-0.1, -0.05) is 30.3 Å². The van der Waals surface area contributed by atoms with Gasteiger partial charge in [0, 0.05) is 11.3 Å². The molecule has 0 aromatic heterocycles. The summed E-state index contributed by atoms with van der Waals surface area (Å²) in [7, 11) is 0. The zero-order valence-corrected chi connectivity index (χ0v) is 11.6. The van der Waals surface area contributed by atoms with E-state index >= 15 is 0 Å². The molecule has 3 heteroatoms. The van der Waals surface area contributed by atoms with Gasteiger partial charge in [0.25, 0.3) is 5.91 Å². The van der Waals surface area contributed by atoms with Gasteiger partial charge in [-0.3, -0.25) is 10.7 Å². The van der Waals surface area contributed by atoms with Crippen molar-refractivity contribution in [3.05, 3.63) is 72.1 Å². The summed E-state index contributed by atoms with van der Waals surface area (Å²) in [4.78, 5) is 11.8. The molecule has 0 bridgehead atoms. The Hall–Kier alpha value is -1.79. The summed E-state index contributed by atoms with van der Waals surface area (Å²) < 4.78 is 0. The van der Waals surface area contributed by atoms with Gasteiger partial charge in [-0.05, 0) is 12.1 Å². The van der Waals surface area contributed by atoms with E-state index in [4.69, 9.17) is 6.42 Å². The summed E-state index contributed by atoms with van der Waals surface area (Å²) in [6.45, 7) is 0. The largest absolute Gasteiger partial charge is 1.00 e. The van der Waals surface area contributed by atoms with Gasteiger partial charge in [0.2, 0.25) is 0 Å². The molecule has 0 radical (unpaired) electrons. The summed E-state index contributed by atoms with van der Waals surface area (Å²) in [6, 6.07) is 16.0. The van der Waals surface area contributed by atoms with E-state index < -0.39 is 0 Å². The molecule has 0 saturated carbocycles. The molecule has 0 aliphatic rings. The van der Waals surface area contributed by atoms with Crippen LogP contribution in [-0.2, 0) is 22.4 Å². The van der Waals surface area contributed by atoms with Gasteiger partial charge in [-0.15, -0.1) is 17.7 Å². The van der Waals surface area contributed by atoms with Crippen molar-refractivity contribution >= 4 is 11.6 Å². The van der Waals surface area contributed by atoms with Crippen LogP contribution in [0.4, 0.5) is 5.69 Å². The van der Waals surface area contributed by atoms with Crippen LogP contribution in [0.2, 0.25) is 0 Å². The quantitative estimate of drug-likeness (QED) is 0.455. The van der Waals surface area contributed by atoms with Crippen LogP contribution in [-0.4, -0.2) is 5.91 Å². The predicted octanol–water partition coefficient (Wildman–Crippen LogP) is 2.87. The molecular formula is C15H10AuNO. The van der Waals surface area contributed by atoms with Crippen molar-refractivity contribution in [1.82, 2.24) is 0 Å². The maximum Gasteiger partial charge on any atom is 1.00 e. The molecule has 18 heavy (non-hydrogen) atoms. The van der Waals surface area contributed by atoms with Crippen LogP contribution in [0, 0.1) is 12.3 Å². The molecule has 0 aliphatic carbocycles. The number of hydrogen-bond donors (Lipinski definition) is 1. The van der Waals surface area contributed by atoms with Crippen molar-refractivity contribution in [3.63, 3.8) is 0 Å². The van der Waals surface area contributed by atoms with Crippen molar-refractivity contribution < 1.29 is 27.2 Å². The number of carbonyl (C=O) groups excluding carboxylic acids is 1. The molecular weight excluding hydrogens is 407 g/mol. The summed E-state index contributed by atoms with van der Waals surface area (Å²) >= 11 is 0. The molecule has 0 heterocycles. The second-order valence-electron chi connectivity index (χ2n) is 3.52. The zero-order valence-electron chi connectivity index (χ0n) is 9.41. The molecule has 1 amide bonds. The fourth-order valence-electron chi connectivity index (χ4n) is 1.43. The Morgan fingerprint density at radius 1 is 1.00 bits per heavy atom. The first-order chi connectivity index (χ1) is 8.29. The van der Waals surface area contributed by atoms with Crippen molar-refractivity contribution in [3.8, 4) is 5.92 Å². The Labute approximate surface area is 122 Å². The molecule has 0 atom stereocenters. The molecule has 2 aromatic carbocycles. The Balaban J connectivity index is 0.00000162. The smallest absolute Gasteiger partial charge is 0.366 e. The maximum atomic E-state index is 11.8. The Morgan fingerprint density at radius 3 is 2.17 bits per heavy atom. The third kappa shape index (κ3) is 3.61. The zero-order chi connectivity index (χ0) is 12.1. The van der Waals surface area contributed by atoms with Crippen LogP contribution in [0.1, 0.15) is 15.9 Å². The Kier molecular flexibility index (Phi) is 5.41. The van der Waals surface area contributed by atoms with Gasteiger partial charge in [-0.25, -0.2) is 0 Å². The minimum Gasteiger partial charge on any atom is -0.366 e. The van der Waals surface area contributed by atoms with Gasteiger partial charge >= 0.3 is 22.4 Å². The van der Waals surface area contributed by atoms with E-state index in [0.29, 0.717) is 16.8 Å². The van der Waals surface area contributed by atoms with Crippen LogP contribution in [0.5, 0.6) is 0 Å². The van der Waals surface area contributed by atoms with E-state index in [1.54, 1.807) is 36.4 Å². The number of carbonyl (C=O) groups is 1. The number of rotatable bonds is 2. The van der Waals surface area contributed by atoms with Crippen LogP contribution >= 0.6 is 0 Å². The summed E-state index contributed by atoms with van der Waals surface area (Å²) in [5.41, 5.74) is 2.01. The number of amides is 1. The average molecular weight is 417 g/mol. The minimum absolute atomic E-state index is 0. The number of anilines is 1. The van der Waals surface area contributed by atoms with Crippen LogP contribution < -0.4 is 5.32 Å². The maximum absolute atomic E-state index is 11.8. The van der Waals surface area contributed by atoms with Gasteiger partial charge in [0.1, 0.15) is 0 Å². The summed E-state index contributed by atoms with van der Waals surface area (Å²) in [5, 5.41) is 2.78. The third-order valence-electron chi connectivity index (χ3n) is 2.32. The molecule has 2 aromatic rings. The first kappa shape index (κ1) is 14.3. The van der Waals surface area contributed by atoms with Gasteiger partial charge in [0.05, 0.1) is 0 Å². The van der Waals surface area contributed by atoms with E-state index in [0.717, 1.165) is 0 Å². The molecule has 0 unspecified atom stereocenters. The van der Waals surface area contributed by atoms with E-state index in [-0.39, 0.29) is 28.3 Å². The third-order valence-corrected chi connectivity index (χ3v) is 2.32. The van der Waals surface area contributed by atoms with Gasteiger partial charge in [0.15, 0.2) is 0 Å². The topological polar surface area (TPSA) is 29.1 Å². The SMILES string of the molecule is [Au+].[C-]#Cc1ccc(NC(=O)c2ccccc2)cc1. The van der Waals surface area contributed by atoms with E-state index in [1.165, 1.54) is 0 Å². The molecule has 0 fully saturated rings. The average Bonchev–Trinajstić information content (AvgIpc) is 2.40. The predicted molar refractivity (Wildman–Crippen MR) is 67.1 cm³/mol. The number of hydrogen-bond acceptors (Lipinski definition) is 1. The van der Waals surface area contributed by atoms with Crippen molar-refractivity contribution in [2.75, 3.05) is 5.32 Å². The Bertz CT molecular complexity index is 555. The molecule has 2 rings (SSSR count). The second-order valence-corrected chi connectivity index (χ2v) is 3.52. The van der Waals surface area contributed by atoms with Crippen molar-refractivity contribution in [1.29, 1.82) is 0 Å². The monoisotopic (exact) mass is 417 g/mol. The fourth-order valence-corrected chi connectivity index (χ4v) is 1.43. The van der Waals surface area contributed by atoms with E-state index in [1.807, 2.05) is 18.2 Å². The molecule has 2 nitrogen and oxygen atoms in total. The first-order valence-corrected chi connectivity index (χ1v) is 5.19. The van der Waals surface area contributed by atoms with Crippen LogP contribution in [0.15, 0.2) is 54.6 Å². The Morgan fingerprint density at radius 2 is 1.61 bits per heavy atom. The van der Waals surface area contributed by atoms with Crippen molar-refractivity contribution in [2.45, 2.75) is 0 Å². The fraction of sp³-hybridized carbons (Fsp3) is 0. The molecule has 1 N–H and O–H groups in total. The van der Waals surface area contributed by atoms with Gasteiger partial charge in [-0.2, -0.15) is 0 Å². The second kappa shape index (κ2) is 6.83. The summed E-state index contributed by atoms with van der Waals surface area (Å²) in [6.07, 6.45) is 6.95. The molecule has 0 aliphatic heterocycles.